The van der Waals surface area contributed by atoms with Crippen molar-refractivity contribution in [1.82, 2.24) is 29.8 Å². The zero-order valence-electron chi connectivity index (χ0n) is 29.5. The second kappa shape index (κ2) is 17.1. The summed E-state index contributed by atoms with van der Waals surface area (Å²) in [6, 6.07) is 11.2. The molecular formula is C37H49Br2N7O5. The number of piperazine rings is 1. The third-order valence-corrected chi connectivity index (χ3v) is 12.4. The summed E-state index contributed by atoms with van der Waals surface area (Å²) in [4.78, 5) is 63.0. The van der Waals surface area contributed by atoms with Crippen LogP contribution in [0.15, 0.2) is 45.3 Å². The maximum Gasteiger partial charge on any atom is 0.322 e. The average molecular weight is 832 g/mol. The number of ether oxygens (including phenoxy) is 1. The minimum atomic E-state index is -0.718. The Labute approximate surface area is 317 Å². The van der Waals surface area contributed by atoms with Gasteiger partial charge in [0.15, 0.2) is 0 Å². The molecule has 0 spiro atoms. The number of rotatable bonds is 9. The summed E-state index contributed by atoms with van der Waals surface area (Å²) >= 11 is 7.30. The van der Waals surface area contributed by atoms with Crippen molar-refractivity contribution in [2.75, 3.05) is 70.8 Å². The van der Waals surface area contributed by atoms with Gasteiger partial charge in [0.05, 0.1) is 13.2 Å². The van der Waals surface area contributed by atoms with Crippen LogP contribution in [0.2, 0.25) is 0 Å². The smallest absolute Gasteiger partial charge is 0.322 e. The lowest BCUT2D eigenvalue weighted by Gasteiger charge is -2.43. The first-order valence-electron chi connectivity index (χ1n) is 18.2. The number of para-hydroxylation sites is 1. The van der Waals surface area contributed by atoms with Crippen LogP contribution in [0.5, 0.6) is 0 Å². The zero-order valence-corrected chi connectivity index (χ0v) is 32.7. The molecule has 0 radical (unpaired) electrons. The van der Waals surface area contributed by atoms with E-state index in [1.807, 2.05) is 60.0 Å². The van der Waals surface area contributed by atoms with Crippen molar-refractivity contribution >= 4 is 61.5 Å². The van der Waals surface area contributed by atoms with Gasteiger partial charge in [-0.1, -0.05) is 50.1 Å². The first-order valence-corrected chi connectivity index (χ1v) is 19.7. The normalized spacial score (nSPS) is 20.1. The summed E-state index contributed by atoms with van der Waals surface area (Å²) in [7, 11) is 0. The molecule has 4 aliphatic heterocycles. The number of piperidine rings is 2. The molecule has 276 valence electrons. The van der Waals surface area contributed by atoms with E-state index in [0.29, 0.717) is 71.2 Å². The highest BCUT2D eigenvalue weighted by Crippen LogP contribution is 2.29. The lowest BCUT2D eigenvalue weighted by molar-refractivity contribution is -0.145. The second-order valence-corrected chi connectivity index (χ2v) is 15.7. The molecule has 2 aromatic carbocycles. The Morgan fingerprint density at radius 1 is 0.902 bits per heavy atom. The molecule has 14 heteroatoms. The number of carbonyl (C=O) groups excluding carboxylic acids is 4. The number of anilines is 1. The summed E-state index contributed by atoms with van der Waals surface area (Å²) < 4.78 is 7.00. The second-order valence-electron chi connectivity index (χ2n) is 14.0. The molecule has 5 amide bonds. The van der Waals surface area contributed by atoms with Gasteiger partial charge in [-0.15, -0.1) is 0 Å². The molecule has 3 saturated heterocycles. The number of fused-ring (bicyclic) bond motifs is 1. The van der Waals surface area contributed by atoms with Crippen LogP contribution in [0, 0.1) is 6.92 Å². The molecule has 12 nitrogen and oxygen atoms in total. The van der Waals surface area contributed by atoms with Gasteiger partial charge in [-0.25, -0.2) is 9.59 Å². The number of hydrogen-bond acceptors (Lipinski definition) is 7. The number of hydrogen-bond donors (Lipinski definition) is 2. The van der Waals surface area contributed by atoms with Crippen LogP contribution in [0.25, 0.3) is 0 Å². The molecule has 1 atom stereocenters. The molecule has 2 aromatic rings. The third-order valence-electron chi connectivity index (χ3n) is 10.8. The van der Waals surface area contributed by atoms with Gasteiger partial charge in [0.1, 0.15) is 6.04 Å². The minimum absolute atomic E-state index is 0.0314. The summed E-state index contributed by atoms with van der Waals surface area (Å²) in [5.41, 5.74) is 3.96. The number of carbonyl (C=O) groups is 4. The van der Waals surface area contributed by atoms with Crippen LogP contribution < -0.4 is 10.6 Å². The maximum atomic E-state index is 14.2. The average Bonchev–Trinajstić information content (AvgIpc) is 3.13. The standard InChI is InChI=1S/C37H49Br2N7O5/c1-3-51-34(47)24-42-16-18-43(19-17-42)28-8-12-44(13-9-28)35(48)33(22-26-20-30(38)25(2)31(39)21-26)41-36(49)45-14-10-29(11-15-45)46-23-27-6-4-5-7-32(27)40-37(46)50/h4-7,20-21,28-29,33H,3,8-19,22-24H2,1-2H3,(H,40,50)(H,41,49). The van der Waals surface area contributed by atoms with Crippen LogP contribution in [0.4, 0.5) is 15.3 Å². The number of amides is 5. The fraction of sp³-hybridized carbons (Fsp3) is 0.568. The van der Waals surface area contributed by atoms with Crippen molar-refractivity contribution in [3.05, 3.63) is 62.0 Å². The van der Waals surface area contributed by atoms with Gasteiger partial charge in [-0.3, -0.25) is 19.4 Å². The summed E-state index contributed by atoms with van der Waals surface area (Å²) in [6.45, 7) is 10.8. The number of benzene rings is 2. The van der Waals surface area contributed by atoms with E-state index in [1.54, 1.807) is 4.90 Å². The molecule has 2 N–H and O–H groups in total. The van der Waals surface area contributed by atoms with Gasteiger partial charge in [0.2, 0.25) is 5.91 Å². The van der Waals surface area contributed by atoms with Gasteiger partial charge in [-0.05, 0) is 74.4 Å². The molecular weight excluding hydrogens is 782 g/mol. The summed E-state index contributed by atoms with van der Waals surface area (Å²) in [6.07, 6.45) is 3.45. The van der Waals surface area contributed by atoms with Gasteiger partial charge in [0, 0.05) is 92.0 Å². The Morgan fingerprint density at radius 3 is 2.20 bits per heavy atom. The van der Waals surface area contributed by atoms with E-state index in [1.165, 1.54) is 0 Å². The van der Waals surface area contributed by atoms with E-state index in [-0.39, 0.29) is 30.0 Å². The van der Waals surface area contributed by atoms with Crippen molar-refractivity contribution in [2.24, 2.45) is 0 Å². The van der Waals surface area contributed by atoms with Gasteiger partial charge < -0.3 is 30.1 Å². The highest BCUT2D eigenvalue weighted by Gasteiger charge is 2.36. The SMILES string of the molecule is CCOC(=O)CN1CCN(C2CCN(C(=O)C(Cc3cc(Br)c(C)c(Br)c3)NC(=O)N3CCC(N4Cc5ccccc5NC4=O)CC3)CC2)CC1. The number of likely N-dealkylation sites (tertiary alicyclic amines) is 2. The third kappa shape index (κ3) is 9.24. The van der Waals surface area contributed by atoms with Crippen molar-refractivity contribution in [1.29, 1.82) is 0 Å². The molecule has 51 heavy (non-hydrogen) atoms. The predicted octanol–water partition coefficient (Wildman–Crippen LogP) is 4.82. The van der Waals surface area contributed by atoms with Crippen molar-refractivity contribution < 1.29 is 23.9 Å². The van der Waals surface area contributed by atoms with E-state index < -0.39 is 6.04 Å². The monoisotopic (exact) mass is 829 g/mol. The Bertz CT molecular complexity index is 1560. The largest absolute Gasteiger partial charge is 0.465 e. The molecule has 4 aliphatic rings. The van der Waals surface area contributed by atoms with Crippen molar-refractivity contribution in [2.45, 2.75) is 70.6 Å². The lowest BCUT2D eigenvalue weighted by Crippen LogP contribution is -2.58. The minimum Gasteiger partial charge on any atom is -0.465 e. The number of nitrogens with one attached hydrogen (secondary N) is 2. The maximum absolute atomic E-state index is 14.2. The molecule has 6 rings (SSSR count). The van der Waals surface area contributed by atoms with E-state index in [0.717, 1.165) is 70.3 Å². The van der Waals surface area contributed by atoms with Crippen LogP contribution >= 0.6 is 31.9 Å². The molecule has 0 bridgehead atoms. The Kier molecular flexibility index (Phi) is 12.6. The van der Waals surface area contributed by atoms with Crippen LogP contribution in [0.3, 0.4) is 0 Å². The Balaban J connectivity index is 1.05. The molecule has 0 saturated carbocycles. The van der Waals surface area contributed by atoms with E-state index in [2.05, 4.69) is 52.3 Å². The first-order chi connectivity index (χ1) is 24.6. The van der Waals surface area contributed by atoms with Gasteiger partial charge in [-0.2, -0.15) is 0 Å². The van der Waals surface area contributed by atoms with Crippen molar-refractivity contribution in [3.8, 4) is 0 Å². The highest BCUT2D eigenvalue weighted by atomic mass is 79.9. The van der Waals surface area contributed by atoms with Gasteiger partial charge in [0.25, 0.3) is 0 Å². The number of nitrogens with zero attached hydrogens (tertiary/aromatic N) is 5. The fourth-order valence-corrected chi connectivity index (χ4v) is 9.02. The van der Waals surface area contributed by atoms with E-state index in [9.17, 15) is 19.2 Å². The first kappa shape index (κ1) is 37.6. The van der Waals surface area contributed by atoms with Crippen molar-refractivity contribution in [3.63, 3.8) is 0 Å². The Morgan fingerprint density at radius 2 is 1.53 bits per heavy atom. The predicted molar refractivity (Wildman–Crippen MR) is 202 cm³/mol. The summed E-state index contributed by atoms with van der Waals surface area (Å²) in [5, 5.41) is 6.13. The summed E-state index contributed by atoms with van der Waals surface area (Å²) in [5.74, 6) is -0.236. The number of halogens is 2. The molecule has 4 heterocycles. The van der Waals surface area contributed by atoms with E-state index in [4.69, 9.17) is 4.74 Å². The molecule has 0 aromatic heterocycles. The van der Waals surface area contributed by atoms with Crippen LogP contribution in [-0.4, -0.2) is 132 Å². The number of urea groups is 2. The van der Waals surface area contributed by atoms with Gasteiger partial charge >= 0.3 is 18.0 Å². The van der Waals surface area contributed by atoms with Crippen LogP contribution in [0.1, 0.15) is 49.3 Å². The zero-order chi connectivity index (χ0) is 36.1. The molecule has 1 unspecified atom stereocenters. The highest BCUT2D eigenvalue weighted by molar-refractivity contribution is 9.11. The van der Waals surface area contributed by atoms with Crippen LogP contribution in [-0.2, 0) is 27.3 Å². The quantitative estimate of drug-likeness (QED) is 0.348. The fourth-order valence-electron chi connectivity index (χ4n) is 7.74. The Hall–Kier alpha value is -3.20. The van der Waals surface area contributed by atoms with E-state index >= 15 is 0 Å². The topological polar surface area (TPSA) is 118 Å². The molecule has 0 aliphatic carbocycles. The number of esters is 1. The lowest BCUT2D eigenvalue weighted by atomic mass is 9.99. The molecule has 3 fully saturated rings.